The van der Waals surface area contributed by atoms with Crippen molar-refractivity contribution >= 4 is 11.5 Å². The molecule has 2 atom stereocenters. The smallest absolute Gasteiger partial charge is 0.189 e. The van der Waals surface area contributed by atoms with Crippen LogP contribution in [0.25, 0.3) is 0 Å². The zero-order valence-corrected chi connectivity index (χ0v) is 15.5. The molecule has 4 rings (SSSR count). The number of para-hydroxylation sites is 1. The molecule has 0 bridgehead atoms. The van der Waals surface area contributed by atoms with E-state index in [1.54, 1.807) is 13.2 Å². The third-order valence-electron chi connectivity index (χ3n) is 5.44. The van der Waals surface area contributed by atoms with Crippen LogP contribution in [0.3, 0.4) is 0 Å². The minimum absolute atomic E-state index is 0.0218. The van der Waals surface area contributed by atoms with Gasteiger partial charge >= 0.3 is 0 Å². The summed E-state index contributed by atoms with van der Waals surface area (Å²) < 4.78 is 10.9. The molecule has 0 spiro atoms. The van der Waals surface area contributed by atoms with E-state index in [0.717, 1.165) is 22.7 Å². The predicted molar refractivity (Wildman–Crippen MR) is 102 cm³/mol. The first kappa shape index (κ1) is 16.9. The van der Waals surface area contributed by atoms with Gasteiger partial charge in [-0.05, 0) is 29.3 Å². The third kappa shape index (κ3) is 2.61. The number of ether oxygens (including phenoxy) is 2. The van der Waals surface area contributed by atoms with Gasteiger partial charge in [-0.15, -0.1) is 0 Å². The molecular weight excluding hydrogens is 326 g/mol. The average Bonchev–Trinajstić information content (AvgIpc) is 3.43. The van der Waals surface area contributed by atoms with Gasteiger partial charge in [0, 0.05) is 29.9 Å². The highest BCUT2D eigenvalue weighted by Gasteiger charge is 2.46. The third-order valence-corrected chi connectivity index (χ3v) is 5.44. The first-order valence-corrected chi connectivity index (χ1v) is 8.82. The van der Waals surface area contributed by atoms with E-state index < -0.39 is 6.10 Å². The molecule has 2 aliphatic heterocycles. The van der Waals surface area contributed by atoms with Crippen LogP contribution in [0.4, 0.5) is 5.69 Å². The van der Waals surface area contributed by atoms with Gasteiger partial charge in [0.1, 0.15) is 11.9 Å². The summed E-state index contributed by atoms with van der Waals surface area (Å²) >= 11 is 0. The number of nitrogens with zero attached hydrogens (tertiary/aromatic N) is 1. The number of likely N-dealkylation sites (N-methyl/N-ethyl adjacent to an activating group) is 1. The van der Waals surface area contributed by atoms with Gasteiger partial charge in [-0.1, -0.05) is 44.2 Å². The lowest BCUT2D eigenvalue weighted by Gasteiger charge is -2.23. The average molecular weight is 349 g/mol. The molecule has 2 heterocycles. The first-order valence-electron chi connectivity index (χ1n) is 8.82. The van der Waals surface area contributed by atoms with Crippen molar-refractivity contribution in [2.75, 3.05) is 19.1 Å². The molecule has 0 unspecified atom stereocenters. The molecule has 0 N–H and O–H groups in total. The molecule has 2 aromatic carbocycles. The summed E-state index contributed by atoms with van der Waals surface area (Å²) in [5.41, 5.74) is 4.20. The Kier molecular flexibility index (Phi) is 3.88. The fraction of sp³-hybridized carbons (Fsp3) is 0.318. The summed E-state index contributed by atoms with van der Waals surface area (Å²) in [6, 6.07) is 16.0. The van der Waals surface area contributed by atoms with Crippen LogP contribution in [-0.4, -0.2) is 26.0 Å². The summed E-state index contributed by atoms with van der Waals surface area (Å²) in [6.07, 6.45) is 1.19. The first-order chi connectivity index (χ1) is 12.4. The van der Waals surface area contributed by atoms with Crippen LogP contribution in [0.1, 0.15) is 31.1 Å². The van der Waals surface area contributed by atoms with E-state index in [1.807, 2.05) is 43.4 Å². The predicted octanol–water partition coefficient (Wildman–Crippen LogP) is 4.02. The van der Waals surface area contributed by atoms with Crippen molar-refractivity contribution in [2.24, 2.45) is 0 Å². The summed E-state index contributed by atoms with van der Waals surface area (Å²) in [5, 5.41) is 0. The number of benzene rings is 2. The lowest BCUT2D eigenvalue weighted by Crippen LogP contribution is -2.24. The van der Waals surface area contributed by atoms with E-state index in [2.05, 4.69) is 30.9 Å². The van der Waals surface area contributed by atoms with Crippen molar-refractivity contribution in [3.8, 4) is 5.75 Å². The molecule has 2 aliphatic rings. The Balaban J connectivity index is 1.55. The zero-order valence-electron chi connectivity index (χ0n) is 15.5. The van der Waals surface area contributed by atoms with Gasteiger partial charge < -0.3 is 14.4 Å². The molecule has 0 aliphatic carbocycles. The summed E-state index contributed by atoms with van der Waals surface area (Å²) in [7, 11) is 3.65. The number of fused-ring (bicyclic) bond motifs is 1. The van der Waals surface area contributed by atoms with Gasteiger partial charge in [0.25, 0.3) is 0 Å². The number of carbonyl (C=O) groups is 1. The molecular formula is C22H23NO3. The Morgan fingerprint density at radius 2 is 1.85 bits per heavy atom. The second kappa shape index (κ2) is 5.99. The highest BCUT2D eigenvalue weighted by Crippen LogP contribution is 2.47. The molecule has 1 fully saturated rings. The molecule has 2 aromatic rings. The Bertz CT molecular complexity index is 883. The molecule has 4 nitrogen and oxygen atoms in total. The largest absolute Gasteiger partial charge is 0.497 e. The molecule has 0 saturated carbocycles. The Labute approximate surface area is 154 Å². The number of ketones is 1. The Morgan fingerprint density at radius 1 is 1.15 bits per heavy atom. The highest BCUT2D eigenvalue weighted by molar-refractivity contribution is 5.98. The van der Waals surface area contributed by atoms with Crippen LogP contribution in [0.2, 0.25) is 0 Å². The molecule has 0 aromatic heterocycles. The van der Waals surface area contributed by atoms with Crippen molar-refractivity contribution in [1.29, 1.82) is 0 Å². The van der Waals surface area contributed by atoms with Crippen molar-refractivity contribution in [3.05, 3.63) is 71.4 Å². The minimum Gasteiger partial charge on any atom is -0.497 e. The number of hydrogen-bond donors (Lipinski definition) is 0. The van der Waals surface area contributed by atoms with Crippen LogP contribution < -0.4 is 9.64 Å². The number of carbonyl (C=O) groups excluding carboxylic acids is 1. The molecule has 1 saturated heterocycles. The van der Waals surface area contributed by atoms with Crippen molar-refractivity contribution in [3.63, 3.8) is 0 Å². The number of rotatable bonds is 4. The van der Waals surface area contributed by atoms with Gasteiger partial charge in [-0.3, -0.25) is 4.79 Å². The zero-order chi connectivity index (χ0) is 18.5. The summed E-state index contributed by atoms with van der Waals surface area (Å²) in [5.74, 6) is 0.819. The monoisotopic (exact) mass is 349 g/mol. The van der Waals surface area contributed by atoms with Crippen molar-refractivity contribution < 1.29 is 14.3 Å². The van der Waals surface area contributed by atoms with Gasteiger partial charge in [-0.25, -0.2) is 0 Å². The van der Waals surface area contributed by atoms with Crippen LogP contribution in [0.15, 0.2) is 60.3 Å². The summed E-state index contributed by atoms with van der Waals surface area (Å²) in [6.45, 7) is 4.31. The molecule has 4 heteroatoms. The van der Waals surface area contributed by atoms with Crippen LogP contribution in [0.5, 0.6) is 5.75 Å². The molecule has 0 amide bonds. The van der Waals surface area contributed by atoms with E-state index in [0.29, 0.717) is 0 Å². The number of anilines is 1. The number of allylic oxidation sites excluding steroid dienone is 1. The number of hydrogen-bond acceptors (Lipinski definition) is 4. The maximum absolute atomic E-state index is 12.8. The second-order valence-corrected chi connectivity index (χ2v) is 7.38. The van der Waals surface area contributed by atoms with Crippen LogP contribution in [-0.2, 0) is 14.9 Å². The normalized spacial score (nSPS) is 24.5. The SMILES string of the molecule is COc1ccc([C@@H]2O[C@H]2C(=O)/C=C2/N(C)c3ccccc3C2(C)C)cc1. The van der Waals surface area contributed by atoms with Crippen molar-refractivity contribution in [1.82, 2.24) is 0 Å². The fourth-order valence-corrected chi connectivity index (χ4v) is 3.85. The summed E-state index contributed by atoms with van der Waals surface area (Å²) in [4.78, 5) is 14.9. The second-order valence-electron chi connectivity index (χ2n) is 7.38. The van der Waals surface area contributed by atoms with E-state index in [4.69, 9.17) is 9.47 Å². The maximum Gasteiger partial charge on any atom is 0.189 e. The fourth-order valence-electron chi connectivity index (χ4n) is 3.85. The van der Waals surface area contributed by atoms with Crippen LogP contribution in [0, 0.1) is 0 Å². The Morgan fingerprint density at radius 3 is 2.50 bits per heavy atom. The standard InChI is InChI=1S/C22H23NO3/c1-22(2)16-7-5-6-8-17(16)23(3)19(22)13-18(24)21-20(26-21)14-9-11-15(25-4)12-10-14/h5-13,20-21H,1-4H3/b19-13+/t20-,21-/m0/s1. The number of epoxide rings is 1. The molecule has 134 valence electrons. The lowest BCUT2D eigenvalue weighted by molar-refractivity contribution is -0.115. The molecule has 26 heavy (non-hydrogen) atoms. The van der Waals surface area contributed by atoms with Gasteiger partial charge in [0.05, 0.1) is 7.11 Å². The van der Waals surface area contributed by atoms with Gasteiger partial charge in [0.15, 0.2) is 11.9 Å². The molecule has 0 radical (unpaired) electrons. The van der Waals surface area contributed by atoms with E-state index >= 15 is 0 Å². The van der Waals surface area contributed by atoms with Gasteiger partial charge in [-0.2, -0.15) is 0 Å². The van der Waals surface area contributed by atoms with E-state index in [9.17, 15) is 4.79 Å². The highest BCUT2D eigenvalue weighted by atomic mass is 16.6. The number of methoxy groups -OCH3 is 1. The van der Waals surface area contributed by atoms with E-state index in [1.165, 1.54) is 5.56 Å². The minimum atomic E-state index is -0.399. The van der Waals surface area contributed by atoms with Gasteiger partial charge in [0.2, 0.25) is 0 Å². The van der Waals surface area contributed by atoms with E-state index in [-0.39, 0.29) is 17.3 Å². The Hall–Kier alpha value is -2.59. The van der Waals surface area contributed by atoms with Crippen LogP contribution >= 0.6 is 0 Å². The quantitative estimate of drug-likeness (QED) is 0.618. The lowest BCUT2D eigenvalue weighted by atomic mass is 9.83. The topological polar surface area (TPSA) is 42.1 Å². The maximum atomic E-state index is 12.8. The van der Waals surface area contributed by atoms with Crippen molar-refractivity contribution in [2.45, 2.75) is 31.5 Å².